The van der Waals surface area contributed by atoms with E-state index in [2.05, 4.69) is 13.8 Å². The zero-order valence-electron chi connectivity index (χ0n) is 23.8. The summed E-state index contributed by atoms with van der Waals surface area (Å²) in [7, 11) is 0. The lowest BCUT2D eigenvalue weighted by molar-refractivity contribution is -0.135. The molecule has 0 aromatic carbocycles. The Hall–Kier alpha value is 0.170. The fourth-order valence-corrected chi connectivity index (χ4v) is 7.00. The fraction of sp³-hybridized carbons (Fsp3) is 0.968. The quantitative estimate of drug-likeness (QED) is 0.0937. The van der Waals surface area contributed by atoms with Gasteiger partial charge in [0.05, 0.1) is 0 Å². The molecule has 0 rings (SSSR count). The van der Waals surface area contributed by atoms with Crippen LogP contribution >= 0.6 is 23.5 Å². The van der Waals surface area contributed by atoms with Gasteiger partial charge in [0.25, 0.3) is 0 Å². The Morgan fingerprint density at radius 1 is 0.514 bits per heavy atom. The molecule has 0 aromatic heterocycles. The molecule has 0 aliphatic carbocycles. The molecule has 210 valence electrons. The summed E-state index contributed by atoms with van der Waals surface area (Å²) in [6.07, 6.45) is 32.9. The van der Waals surface area contributed by atoms with E-state index in [1.165, 1.54) is 154 Å². The molecular formula is C31H62O2S2. The number of carboxylic acid groups (broad SMARTS) is 1. The first kappa shape index (κ1) is 35.2. The zero-order chi connectivity index (χ0) is 25.7. The number of rotatable bonds is 30. The van der Waals surface area contributed by atoms with Gasteiger partial charge in [-0.3, -0.25) is 4.79 Å². The van der Waals surface area contributed by atoms with Gasteiger partial charge in [-0.05, 0) is 24.3 Å². The molecule has 1 atom stereocenters. The Labute approximate surface area is 229 Å². The summed E-state index contributed by atoms with van der Waals surface area (Å²) in [5.41, 5.74) is 0. The van der Waals surface area contributed by atoms with E-state index < -0.39 is 5.97 Å². The standard InChI is InChI=1S/C31H62O2S2/c1-3-5-7-9-11-13-15-17-19-21-23-25-27-34-29-30(31(32)33)35-28-26-24-22-20-18-16-14-12-10-8-6-4-2/h30H,3-29H2,1-2H3,(H,32,33). The number of aliphatic carboxylic acids is 1. The summed E-state index contributed by atoms with van der Waals surface area (Å²) in [4.78, 5) is 11.6. The second kappa shape index (κ2) is 30.4. The first-order valence-electron chi connectivity index (χ1n) is 15.6. The van der Waals surface area contributed by atoms with Crippen LogP contribution in [0.2, 0.25) is 0 Å². The van der Waals surface area contributed by atoms with E-state index in [9.17, 15) is 9.90 Å². The van der Waals surface area contributed by atoms with Gasteiger partial charge in [0, 0.05) is 5.75 Å². The van der Waals surface area contributed by atoms with E-state index in [4.69, 9.17) is 0 Å². The molecule has 0 spiro atoms. The van der Waals surface area contributed by atoms with E-state index >= 15 is 0 Å². The van der Waals surface area contributed by atoms with Gasteiger partial charge in [0.2, 0.25) is 0 Å². The number of unbranched alkanes of at least 4 members (excludes halogenated alkanes) is 22. The van der Waals surface area contributed by atoms with E-state index in [-0.39, 0.29) is 5.25 Å². The van der Waals surface area contributed by atoms with Gasteiger partial charge in [-0.2, -0.15) is 11.8 Å². The van der Waals surface area contributed by atoms with Crippen molar-refractivity contribution in [1.82, 2.24) is 0 Å². The maximum atomic E-state index is 11.6. The number of thioether (sulfide) groups is 2. The van der Waals surface area contributed by atoms with Crippen molar-refractivity contribution in [2.45, 2.75) is 173 Å². The summed E-state index contributed by atoms with van der Waals surface area (Å²) < 4.78 is 0. The molecule has 4 heteroatoms. The molecule has 0 aromatic rings. The summed E-state index contributed by atoms with van der Waals surface area (Å²) in [5, 5.41) is 9.32. The summed E-state index contributed by atoms with van der Waals surface area (Å²) >= 11 is 3.53. The molecule has 0 heterocycles. The highest BCUT2D eigenvalue weighted by atomic mass is 32.2. The minimum absolute atomic E-state index is 0.218. The van der Waals surface area contributed by atoms with Crippen LogP contribution in [0.5, 0.6) is 0 Å². The van der Waals surface area contributed by atoms with Crippen LogP contribution in [0.15, 0.2) is 0 Å². The van der Waals surface area contributed by atoms with Gasteiger partial charge in [-0.15, -0.1) is 11.8 Å². The van der Waals surface area contributed by atoms with Crippen molar-refractivity contribution >= 4 is 29.5 Å². The highest BCUT2D eigenvalue weighted by Gasteiger charge is 2.17. The second-order valence-corrected chi connectivity index (χ2v) is 13.0. The maximum Gasteiger partial charge on any atom is 0.317 e. The average molecular weight is 531 g/mol. The average Bonchev–Trinajstić information content (AvgIpc) is 2.85. The summed E-state index contributed by atoms with van der Waals surface area (Å²) in [6, 6.07) is 0. The van der Waals surface area contributed by atoms with Gasteiger partial charge < -0.3 is 5.11 Å². The van der Waals surface area contributed by atoms with Gasteiger partial charge in [-0.25, -0.2) is 0 Å². The van der Waals surface area contributed by atoms with Crippen LogP contribution in [-0.4, -0.2) is 33.6 Å². The van der Waals surface area contributed by atoms with Crippen LogP contribution in [0.4, 0.5) is 0 Å². The molecule has 0 radical (unpaired) electrons. The van der Waals surface area contributed by atoms with Crippen molar-refractivity contribution in [2.75, 3.05) is 17.3 Å². The van der Waals surface area contributed by atoms with Gasteiger partial charge in [-0.1, -0.05) is 155 Å². The minimum Gasteiger partial charge on any atom is -0.480 e. The molecular weight excluding hydrogens is 468 g/mol. The Balaban J connectivity index is 3.40. The van der Waals surface area contributed by atoms with Crippen molar-refractivity contribution in [2.24, 2.45) is 0 Å². The van der Waals surface area contributed by atoms with Gasteiger partial charge >= 0.3 is 5.97 Å². The van der Waals surface area contributed by atoms with E-state index in [1.54, 1.807) is 11.8 Å². The highest BCUT2D eigenvalue weighted by molar-refractivity contribution is 8.03. The fourth-order valence-electron chi connectivity index (χ4n) is 4.59. The summed E-state index contributed by atoms with van der Waals surface area (Å²) in [5.74, 6) is 2.29. The normalized spacial score (nSPS) is 12.3. The van der Waals surface area contributed by atoms with Crippen LogP contribution in [0.1, 0.15) is 168 Å². The SMILES string of the molecule is CCCCCCCCCCCCCCSCC(SCCCCCCCCCCCCCC)C(=O)O. The molecule has 2 nitrogen and oxygen atoms in total. The van der Waals surface area contributed by atoms with Crippen molar-refractivity contribution in [3.05, 3.63) is 0 Å². The monoisotopic (exact) mass is 530 g/mol. The smallest absolute Gasteiger partial charge is 0.317 e. The zero-order valence-corrected chi connectivity index (χ0v) is 25.5. The van der Waals surface area contributed by atoms with Crippen molar-refractivity contribution in [1.29, 1.82) is 0 Å². The number of carboxylic acids is 1. The van der Waals surface area contributed by atoms with Crippen molar-refractivity contribution in [3.63, 3.8) is 0 Å². The lowest BCUT2D eigenvalue weighted by atomic mass is 10.1. The molecule has 35 heavy (non-hydrogen) atoms. The molecule has 0 aliphatic rings. The van der Waals surface area contributed by atoms with Crippen LogP contribution in [0, 0.1) is 0 Å². The topological polar surface area (TPSA) is 37.3 Å². The first-order chi connectivity index (χ1) is 17.2. The largest absolute Gasteiger partial charge is 0.480 e. The Bertz CT molecular complexity index is 417. The number of carbonyl (C=O) groups is 1. The van der Waals surface area contributed by atoms with E-state index in [0.29, 0.717) is 0 Å². The molecule has 0 fully saturated rings. The molecule has 0 saturated heterocycles. The third-order valence-electron chi connectivity index (χ3n) is 7.00. The highest BCUT2D eigenvalue weighted by Crippen LogP contribution is 2.21. The third-order valence-corrected chi connectivity index (χ3v) is 9.66. The second-order valence-electron chi connectivity index (χ2n) is 10.6. The Kier molecular flexibility index (Phi) is 30.5. The third kappa shape index (κ3) is 28.6. The Morgan fingerprint density at radius 2 is 0.829 bits per heavy atom. The molecule has 1 unspecified atom stereocenters. The number of hydrogen-bond donors (Lipinski definition) is 1. The van der Waals surface area contributed by atoms with Crippen LogP contribution in [0.3, 0.4) is 0 Å². The van der Waals surface area contributed by atoms with Gasteiger partial charge in [0.15, 0.2) is 0 Å². The summed E-state index contributed by atoms with van der Waals surface area (Å²) in [6.45, 7) is 4.56. The minimum atomic E-state index is -0.615. The van der Waals surface area contributed by atoms with Gasteiger partial charge in [0.1, 0.15) is 5.25 Å². The predicted octanol–water partition coefficient (Wildman–Crippen LogP) is 11.3. The van der Waals surface area contributed by atoms with E-state index in [1.807, 2.05) is 11.8 Å². The van der Waals surface area contributed by atoms with Crippen molar-refractivity contribution in [3.8, 4) is 0 Å². The van der Waals surface area contributed by atoms with Crippen LogP contribution in [0.25, 0.3) is 0 Å². The Morgan fingerprint density at radius 3 is 1.17 bits per heavy atom. The van der Waals surface area contributed by atoms with Crippen LogP contribution in [-0.2, 0) is 4.79 Å². The molecule has 1 N–H and O–H groups in total. The molecule has 0 saturated carbocycles. The lowest BCUT2D eigenvalue weighted by Crippen LogP contribution is -2.20. The number of hydrogen-bond acceptors (Lipinski definition) is 3. The molecule has 0 bridgehead atoms. The van der Waals surface area contributed by atoms with E-state index in [0.717, 1.165) is 17.3 Å². The molecule has 0 aliphatic heterocycles. The van der Waals surface area contributed by atoms with Crippen molar-refractivity contribution < 1.29 is 9.90 Å². The maximum absolute atomic E-state index is 11.6. The van der Waals surface area contributed by atoms with Crippen LogP contribution < -0.4 is 0 Å². The molecule has 0 amide bonds. The predicted molar refractivity (Wildman–Crippen MR) is 163 cm³/mol. The first-order valence-corrected chi connectivity index (χ1v) is 17.8. The lowest BCUT2D eigenvalue weighted by Gasteiger charge is -2.12.